The Morgan fingerprint density at radius 1 is 1.11 bits per heavy atom. The summed E-state index contributed by atoms with van der Waals surface area (Å²) in [6, 6.07) is 4.84. The van der Waals surface area contributed by atoms with Gasteiger partial charge in [0.2, 0.25) is 0 Å². The molecule has 1 aromatic heterocycles. The zero-order valence-electron chi connectivity index (χ0n) is 12.0. The highest BCUT2D eigenvalue weighted by Crippen LogP contribution is 2.07. The van der Waals surface area contributed by atoms with Crippen LogP contribution in [0.5, 0.6) is 0 Å². The van der Waals surface area contributed by atoms with E-state index in [-0.39, 0.29) is 0 Å². The molecule has 0 fully saturated rings. The Morgan fingerprint density at radius 2 is 1.83 bits per heavy atom. The van der Waals surface area contributed by atoms with Crippen molar-refractivity contribution in [3.8, 4) is 0 Å². The molecule has 2 nitrogen and oxygen atoms in total. The second kappa shape index (κ2) is 10.1. The summed E-state index contributed by atoms with van der Waals surface area (Å²) < 4.78 is 0. The predicted molar refractivity (Wildman–Crippen MR) is 78.8 cm³/mol. The second-order valence-corrected chi connectivity index (χ2v) is 5.16. The van der Waals surface area contributed by atoms with Gasteiger partial charge in [-0.05, 0) is 44.0 Å². The first-order valence-electron chi connectivity index (χ1n) is 7.45. The molecule has 1 N–H and O–H groups in total. The number of aromatic nitrogens is 1. The summed E-state index contributed by atoms with van der Waals surface area (Å²) in [6.07, 6.45) is 13.0. The first-order valence-corrected chi connectivity index (χ1v) is 7.45. The summed E-state index contributed by atoms with van der Waals surface area (Å²) in [5.74, 6) is 0. The molecule has 0 spiro atoms. The first-order chi connectivity index (χ1) is 8.83. The minimum atomic E-state index is 0.647. The Balaban J connectivity index is 1.98. The van der Waals surface area contributed by atoms with E-state index in [1.54, 1.807) is 0 Å². The van der Waals surface area contributed by atoms with Crippen LogP contribution in [0.1, 0.15) is 57.9 Å². The number of hydrogen-bond acceptors (Lipinski definition) is 2. The van der Waals surface area contributed by atoms with Gasteiger partial charge in [0, 0.05) is 18.4 Å². The molecule has 102 valence electrons. The highest BCUT2D eigenvalue weighted by Gasteiger charge is 2.00. The molecule has 1 atom stereocenters. The van der Waals surface area contributed by atoms with Crippen LogP contribution < -0.4 is 5.32 Å². The molecule has 0 aliphatic carbocycles. The highest BCUT2D eigenvalue weighted by atomic mass is 14.9. The normalized spacial score (nSPS) is 12.6. The molecule has 0 amide bonds. The minimum absolute atomic E-state index is 0.647. The summed E-state index contributed by atoms with van der Waals surface area (Å²) in [7, 11) is 0. The average Bonchev–Trinajstić information content (AvgIpc) is 2.40. The van der Waals surface area contributed by atoms with Crippen LogP contribution in [0.25, 0.3) is 0 Å². The maximum absolute atomic E-state index is 4.03. The summed E-state index contributed by atoms with van der Waals surface area (Å²) in [6.45, 7) is 5.63. The van der Waals surface area contributed by atoms with Crippen molar-refractivity contribution in [1.29, 1.82) is 0 Å². The molecule has 0 aromatic carbocycles. The van der Waals surface area contributed by atoms with E-state index < -0.39 is 0 Å². The summed E-state index contributed by atoms with van der Waals surface area (Å²) in [5, 5.41) is 3.60. The van der Waals surface area contributed by atoms with Crippen molar-refractivity contribution in [1.82, 2.24) is 10.3 Å². The van der Waals surface area contributed by atoms with Gasteiger partial charge >= 0.3 is 0 Å². The molecule has 0 aliphatic rings. The Labute approximate surface area is 112 Å². The van der Waals surface area contributed by atoms with E-state index in [1.807, 2.05) is 12.4 Å². The Hall–Kier alpha value is -0.890. The van der Waals surface area contributed by atoms with Gasteiger partial charge in [-0.2, -0.15) is 0 Å². The smallest absolute Gasteiger partial charge is 0.0270 e. The van der Waals surface area contributed by atoms with Gasteiger partial charge in [-0.3, -0.25) is 4.98 Å². The Morgan fingerprint density at radius 3 is 2.56 bits per heavy atom. The third kappa shape index (κ3) is 7.44. The van der Waals surface area contributed by atoms with Gasteiger partial charge in [0.15, 0.2) is 0 Å². The van der Waals surface area contributed by atoms with Crippen LogP contribution in [0, 0.1) is 0 Å². The molecule has 1 rings (SSSR count). The van der Waals surface area contributed by atoms with Crippen molar-refractivity contribution < 1.29 is 0 Å². The van der Waals surface area contributed by atoms with Crippen molar-refractivity contribution in [2.24, 2.45) is 0 Å². The fraction of sp³-hybridized carbons (Fsp3) is 0.688. The van der Waals surface area contributed by atoms with E-state index in [1.165, 1.54) is 44.1 Å². The van der Waals surface area contributed by atoms with Gasteiger partial charge in [-0.25, -0.2) is 0 Å². The van der Waals surface area contributed by atoms with Gasteiger partial charge in [-0.1, -0.05) is 39.0 Å². The van der Waals surface area contributed by atoms with Crippen molar-refractivity contribution in [2.45, 2.75) is 64.8 Å². The molecule has 0 radical (unpaired) electrons. The molecule has 1 heterocycles. The third-order valence-electron chi connectivity index (χ3n) is 3.40. The molecule has 1 unspecified atom stereocenters. The SMILES string of the molecule is CCCCCCCC(C)NCCc1ccncc1. The number of pyridine rings is 1. The molecule has 2 heteroatoms. The standard InChI is InChI=1S/C16H28N2/c1-3-4-5-6-7-8-15(2)18-14-11-16-9-12-17-13-10-16/h9-10,12-13,15,18H,3-8,11,14H2,1-2H3. The summed E-state index contributed by atoms with van der Waals surface area (Å²) in [5.41, 5.74) is 1.37. The number of hydrogen-bond donors (Lipinski definition) is 1. The third-order valence-corrected chi connectivity index (χ3v) is 3.40. The lowest BCUT2D eigenvalue weighted by Gasteiger charge is -2.13. The van der Waals surface area contributed by atoms with Crippen LogP contribution in [-0.2, 0) is 6.42 Å². The van der Waals surface area contributed by atoms with Crippen molar-refractivity contribution in [3.63, 3.8) is 0 Å². The topological polar surface area (TPSA) is 24.9 Å². The Kier molecular flexibility index (Phi) is 8.49. The molecule has 0 bridgehead atoms. The zero-order chi connectivity index (χ0) is 13.1. The van der Waals surface area contributed by atoms with Crippen LogP contribution in [0.15, 0.2) is 24.5 Å². The van der Waals surface area contributed by atoms with Gasteiger partial charge in [-0.15, -0.1) is 0 Å². The van der Waals surface area contributed by atoms with Crippen LogP contribution in [0.4, 0.5) is 0 Å². The predicted octanol–water partition coefficient (Wildman–Crippen LogP) is 3.96. The first kappa shape index (κ1) is 15.2. The lowest BCUT2D eigenvalue weighted by atomic mass is 10.1. The fourth-order valence-electron chi connectivity index (χ4n) is 2.17. The molecule has 0 aliphatic heterocycles. The average molecular weight is 248 g/mol. The maximum atomic E-state index is 4.03. The summed E-state index contributed by atoms with van der Waals surface area (Å²) >= 11 is 0. The lowest BCUT2D eigenvalue weighted by molar-refractivity contribution is 0.483. The molecule has 0 saturated carbocycles. The van der Waals surface area contributed by atoms with Gasteiger partial charge in [0.05, 0.1) is 0 Å². The van der Waals surface area contributed by atoms with Crippen molar-refractivity contribution in [2.75, 3.05) is 6.54 Å². The number of rotatable bonds is 10. The van der Waals surface area contributed by atoms with Gasteiger partial charge in [0.25, 0.3) is 0 Å². The lowest BCUT2D eigenvalue weighted by Crippen LogP contribution is -2.27. The van der Waals surface area contributed by atoms with E-state index >= 15 is 0 Å². The largest absolute Gasteiger partial charge is 0.314 e. The molecule has 18 heavy (non-hydrogen) atoms. The second-order valence-electron chi connectivity index (χ2n) is 5.16. The summed E-state index contributed by atoms with van der Waals surface area (Å²) in [4.78, 5) is 4.03. The minimum Gasteiger partial charge on any atom is -0.314 e. The van der Waals surface area contributed by atoms with Crippen LogP contribution in [-0.4, -0.2) is 17.6 Å². The van der Waals surface area contributed by atoms with Crippen molar-refractivity contribution in [3.05, 3.63) is 30.1 Å². The fourth-order valence-corrected chi connectivity index (χ4v) is 2.17. The number of unbranched alkanes of at least 4 members (excludes halogenated alkanes) is 4. The number of nitrogens with one attached hydrogen (secondary N) is 1. The maximum Gasteiger partial charge on any atom is 0.0270 e. The van der Waals surface area contributed by atoms with Crippen LogP contribution in [0.3, 0.4) is 0 Å². The van der Waals surface area contributed by atoms with E-state index in [0.717, 1.165) is 13.0 Å². The van der Waals surface area contributed by atoms with E-state index in [0.29, 0.717) is 6.04 Å². The van der Waals surface area contributed by atoms with E-state index in [4.69, 9.17) is 0 Å². The molecule has 1 aromatic rings. The molecular weight excluding hydrogens is 220 g/mol. The quantitative estimate of drug-likeness (QED) is 0.634. The molecular formula is C16H28N2. The molecule has 0 saturated heterocycles. The van der Waals surface area contributed by atoms with E-state index in [9.17, 15) is 0 Å². The van der Waals surface area contributed by atoms with Crippen molar-refractivity contribution >= 4 is 0 Å². The van der Waals surface area contributed by atoms with Gasteiger partial charge in [0.1, 0.15) is 0 Å². The van der Waals surface area contributed by atoms with Gasteiger partial charge < -0.3 is 5.32 Å². The number of nitrogens with zero attached hydrogens (tertiary/aromatic N) is 1. The Bertz CT molecular complexity index is 284. The highest BCUT2D eigenvalue weighted by molar-refractivity contribution is 5.09. The zero-order valence-corrected chi connectivity index (χ0v) is 12.0. The van der Waals surface area contributed by atoms with Crippen LogP contribution in [0.2, 0.25) is 0 Å². The van der Waals surface area contributed by atoms with Crippen LogP contribution >= 0.6 is 0 Å². The monoisotopic (exact) mass is 248 g/mol. The van der Waals surface area contributed by atoms with E-state index in [2.05, 4.69) is 36.3 Å².